The Morgan fingerprint density at radius 3 is 2.39 bits per heavy atom. The maximum absolute atomic E-state index is 12.4. The number of fused-ring (bicyclic) bond motifs is 1. The van der Waals surface area contributed by atoms with Gasteiger partial charge < -0.3 is 19.8 Å². The number of methoxy groups -OCH3 is 1. The summed E-state index contributed by atoms with van der Waals surface area (Å²) in [6.07, 6.45) is 6.83. The second kappa shape index (κ2) is 7.59. The molecule has 1 aromatic heterocycles. The zero-order chi connectivity index (χ0) is 21.6. The van der Waals surface area contributed by atoms with Crippen molar-refractivity contribution in [3.8, 4) is 5.75 Å². The van der Waals surface area contributed by atoms with E-state index in [-0.39, 0.29) is 11.2 Å². The summed E-state index contributed by atoms with van der Waals surface area (Å²) in [6.45, 7) is -0.522. The first-order valence-corrected chi connectivity index (χ1v) is 10.9. The fraction of sp³-hybridized carbons (Fsp3) is 0.522. The van der Waals surface area contributed by atoms with Crippen LogP contribution in [0.3, 0.4) is 0 Å². The second-order valence-corrected chi connectivity index (χ2v) is 9.41. The number of nitrogens with one attached hydrogen (secondary N) is 3. The number of carbonyl (C=O) groups excluding carboxylic acids is 3. The number of aromatic amines is 1. The van der Waals surface area contributed by atoms with Gasteiger partial charge in [-0.3, -0.25) is 10.1 Å². The highest BCUT2D eigenvalue weighted by atomic mass is 16.5. The largest absolute Gasteiger partial charge is 0.497 e. The molecule has 31 heavy (non-hydrogen) atoms. The van der Waals surface area contributed by atoms with E-state index in [2.05, 4.69) is 15.6 Å². The molecule has 6 rings (SSSR count). The fourth-order valence-electron chi connectivity index (χ4n) is 6.25. The van der Waals surface area contributed by atoms with Gasteiger partial charge in [-0.15, -0.1) is 0 Å². The molecule has 8 heteroatoms. The summed E-state index contributed by atoms with van der Waals surface area (Å²) in [7, 11) is 1.57. The lowest BCUT2D eigenvalue weighted by Crippen LogP contribution is -2.62. The number of hydrogen-bond donors (Lipinski definition) is 3. The van der Waals surface area contributed by atoms with Gasteiger partial charge in [0.25, 0.3) is 5.91 Å². The van der Waals surface area contributed by atoms with Crippen LogP contribution in [0.4, 0.5) is 4.79 Å². The van der Waals surface area contributed by atoms with Gasteiger partial charge in [-0.25, -0.2) is 9.59 Å². The lowest BCUT2D eigenvalue weighted by atomic mass is 9.53. The van der Waals surface area contributed by atoms with Crippen LogP contribution < -0.4 is 15.4 Å². The van der Waals surface area contributed by atoms with Crippen LogP contribution in [0.5, 0.6) is 5.75 Å². The summed E-state index contributed by atoms with van der Waals surface area (Å²) in [6, 6.07) is 6.53. The van der Waals surface area contributed by atoms with Crippen LogP contribution in [-0.4, -0.2) is 42.1 Å². The highest BCUT2D eigenvalue weighted by Crippen LogP contribution is 2.55. The normalized spacial score (nSPS) is 28.4. The van der Waals surface area contributed by atoms with Gasteiger partial charge in [0.15, 0.2) is 6.61 Å². The van der Waals surface area contributed by atoms with Crippen LogP contribution >= 0.6 is 0 Å². The van der Waals surface area contributed by atoms with E-state index >= 15 is 0 Å². The Bertz CT molecular complexity index is 1010. The maximum atomic E-state index is 12.4. The third kappa shape index (κ3) is 3.98. The van der Waals surface area contributed by atoms with E-state index in [1.54, 1.807) is 25.3 Å². The van der Waals surface area contributed by atoms with Crippen molar-refractivity contribution in [2.45, 2.75) is 44.1 Å². The molecule has 3 N–H and O–H groups in total. The Balaban J connectivity index is 1.13. The van der Waals surface area contributed by atoms with Crippen molar-refractivity contribution in [1.29, 1.82) is 0 Å². The fourth-order valence-corrected chi connectivity index (χ4v) is 6.25. The van der Waals surface area contributed by atoms with Crippen LogP contribution in [0.25, 0.3) is 10.9 Å². The number of ether oxygens (including phenoxy) is 2. The minimum atomic E-state index is -0.660. The SMILES string of the molecule is COc1ccc2cc(C(=O)OCC(=O)NC(=O)NC34CC5CC(CC(C5)C3)C4)[nH]c2c1. The molecule has 1 heterocycles. The Morgan fingerprint density at radius 1 is 1.06 bits per heavy atom. The number of rotatable bonds is 5. The zero-order valence-electron chi connectivity index (χ0n) is 17.5. The Kier molecular flexibility index (Phi) is 4.87. The average Bonchev–Trinajstić information content (AvgIpc) is 3.13. The third-order valence-electron chi connectivity index (χ3n) is 7.05. The molecule has 4 aliphatic carbocycles. The van der Waals surface area contributed by atoms with Gasteiger partial charge in [0.05, 0.1) is 7.11 Å². The summed E-state index contributed by atoms with van der Waals surface area (Å²) in [5, 5.41) is 6.21. The molecule has 4 fully saturated rings. The van der Waals surface area contributed by atoms with E-state index in [1.807, 2.05) is 6.07 Å². The molecule has 0 saturated heterocycles. The molecule has 4 saturated carbocycles. The number of aromatic nitrogens is 1. The minimum absolute atomic E-state index is 0.179. The lowest BCUT2D eigenvalue weighted by molar-refractivity contribution is -0.123. The second-order valence-electron chi connectivity index (χ2n) is 9.41. The highest BCUT2D eigenvalue weighted by molar-refractivity contribution is 5.98. The summed E-state index contributed by atoms with van der Waals surface area (Å²) in [5.41, 5.74) is 0.779. The molecule has 0 aliphatic heterocycles. The van der Waals surface area contributed by atoms with E-state index < -0.39 is 24.5 Å². The number of urea groups is 1. The number of H-pyrrole nitrogens is 1. The Morgan fingerprint density at radius 2 is 1.74 bits per heavy atom. The molecule has 2 aromatic rings. The van der Waals surface area contributed by atoms with Gasteiger partial charge in [0.1, 0.15) is 11.4 Å². The zero-order valence-corrected chi connectivity index (χ0v) is 17.5. The smallest absolute Gasteiger partial charge is 0.355 e. The predicted octanol–water partition coefficient (Wildman–Crippen LogP) is 3.13. The Hall–Kier alpha value is -3.03. The number of carbonyl (C=O) groups is 3. The van der Waals surface area contributed by atoms with Crippen molar-refractivity contribution < 1.29 is 23.9 Å². The van der Waals surface area contributed by atoms with E-state index in [4.69, 9.17) is 9.47 Å². The molecule has 0 unspecified atom stereocenters. The van der Waals surface area contributed by atoms with Gasteiger partial charge in [-0.1, -0.05) is 0 Å². The van der Waals surface area contributed by atoms with E-state index in [0.717, 1.165) is 30.2 Å². The van der Waals surface area contributed by atoms with Crippen molar-refractivity contribution in [1.82, 2.24) is 15.6 Å². The molecule has 4 bridgehead atoms. The summed E-state index contributed by atoms with van der Waals surface area (Å²) in [4.78, 5) is 39.8. The molecular formula is C23H27N3O5. The first-order chi connectivity index (χ1) is 14.9. The monoisotopic (exact) mass is 425 g/mol. The van der Waals surface area contributed by atoms with E-state index in [1.165, 1.54) is 19.3 Å². The lowest BCUT2D eigenvalue weighted by Gasteiger charge is -2.56. The molecule has 0 spiro atoms. The molecule has 1 aromatic carbocycles. The van der Waals surface area contributed by atoms with Gasteiger partial charge in [-0.2, -0.15) is 0 Å². The summed E-state index contributed by atoms with van der Waals surface area (Å²) in [5.74, 6) is 1.44. The van der Waals surface area contributed by atoms with Crippen molar-refractivity contribution in [2.75, 3.05) is 13.7 Å². The van der Waals surface area contributed by atoms with Gasteiger partial charge in [0.2, 0.25) is 0 Å². The van der Waals surface area contributed by atoms with Crippen LogP contribution in [0.15, 0.2) is 24.3 Å². The highest BCUT2D eigenvalue weighted by Gasteiger charge is 2.51. The summed E-state index contributed by atoms with van der Waals surface area (Å²) < 4.78 is 10.2. The van der Waals surface area contributed by atoms with E-state index in [0.29, 0.717) is 23.5 Å². The number of imide groups is 1. The first-order valence-electron chi connectivity index (χ1n) is 10.9. The van der Waals surface area contributed by atoms with E-state index in [9.17, 15) is 14.4 Å². The number of benzene rings is 1. The molecule has 8 nitrogen and oxygen atoms in total. The predicted molar refractivity (Wildman–Crippen MR) is 113 cm³/mol. The molecule has 3 amide bonds. The standard InChI is InChI=1S/C23H27N3O5/c1-30-17-3-2-16-7-19(24-18(16)8-17)21(28)31-12-20(27)25-22(29)26-23-9-13-4-14(10-23)6-15(5-13)11-23/h2-3,7-8,13-15,24H,4-6,9-12H2,1H3,(H2,25,26,27,29). The van der Waals surface area contributed by atoms with Crippen molar-refractivity contribution in [3.05, 3.63) is 30.0 Å². The van der Waals surface area contributed by atoms with Gasteiger partial charge >= 0.3 is 12.0 Å². The van der Waals surface area contributed by atoms with Gasteiger partial charge in [-0.05, 0) is 74.5 Å². The third-order valence-corrected chi connectivity index (χ3v) is 7.05. The molecule has 164 valence electrons. The first kappa shape index (κ1) is 19.9. The minimum Gasteiger partial charge on any atom is -0.497 e. The van der Waals surface area contributed by atoms with Crippen molar-refractivity contribution in [3.63, 3.8) is 0 Å². The number of hydrogen-bond acceptors (Lipinski definition) is 5. The van der Waals surface area contributed by atoms with Crippen LogP contribution in [0.2, 0.25) is 0 Å². The quantitative estimate of drug-likeness (QED) is 0.638. The van der Waals surface area contributed by atoms with Crippen molar-refractivity contribution >= 4 is 28.8 Å². The Labute approximate surface area is 180 Å². The molecular weight excluding hydrogens is 398 g/mol. The molecule has 4 aliphatic rings. The number of amides is 3. The topological polar surface area (TPSA) is 110 Å². The maximum Gasteiger partial charge on any atom is 0.355 e. The van der Waals surface area contributed by atoms with Crippen molar-refractivity contribution in [2.24, 2.45) is 17.8 Å². The van der Waals surface area contributed by atoms with Gasteiger partial charge in [0, 0.05) is 22.5 Å². The van der Waals surface area contributed by atoms with Crippen LogP contribution in [0, 0.1) is 17.8 Å². The van der Waals surface area contributed by atoms with Crippen LogP contribution in [0.1, 0.15) is 49.0 Å². The van der Waals surface area contributed by atoms with Crippen LogP contribution in [-0.2, 0) is 9.53 Å². The average molecular weight is 425 g/mol. The number of esters is 1. The molecule has 0 atom stereocenters. The molecule has 0 radical (unpaired) electrons. The summed E-state index contributed by atoms with van der Waals surface area (Å²) >= 11 is 0.